The molecule has 2 fully saturated rings. The van der Waals surface area contributed by atoms with Crippen molar-refractivity contribution >= 4 is 5.91 Å². The van der Waals surface area contributed by atoms with Crippen molar-refractivity contribution in [1.82, 2.24) is 30.1 Å². The van der Waals surface area contributed by atoms with Crippen LogP contribution < -0.4 is 5.32 Å². The van der Waals surface area contributed by atoms with Crippen LogP contribution in [0.25, 0.3) is 0 Å². The molecule has 1 amide bonds. The molecule has 140 valence electrons. The zero-order valence-electron chi connectivity index (χ0n) is 15.4. The summed E-state index contributed by atoms with van der Waals surface area (Å²) in [5, 5.41) is 26.2. The Bertz CT molecular complexity index is 806. The number of carbonyl (C=O) groups excluding carboxylic acids is 1. The molecule has 0 unspecified atom stereocenters. The first-order valence-electron chi connectivity index (χ1n) is 9.39. The van der Waals surface area contributed by atoms with Gasteiger partial charge in [-0.1, -0.05) is 11.6 Å². The van der Waals surface area contributed by atoms with Gasteiger partial charge in [0.1, 0.15) is 11.3 Å². The predicted octanol–water partition coefficient (Wildman–Crippen LogP) is 1.29. The minimum Gasteiger partial charge on any atom is -0.383 e. The van der Waals surface area contributed by atoms with Crippen molar-refractivity contribution in [3.8, 4) is 0 Å². The number of hydrogen-bond donors (Lipinski definition) is 2. The molecule has 0 bridgehead atoms. The SMILES string of the molecule is Cc1nn(C)cc1C(=O)N[C@@H]1CCC[C@@H]1Cn1cc(C2(O)CCC2)nn1. The molecule has 0 radical (unpaired) electrons. The number of hydrogen-bond acceptors (Lipinski definition) is 5. The molecule has 2 atom stereocenters. The van der Waals surface area contributed by atoms with Gasteiger partial charge in [0, 0.05) is 25.8 Å². The summed E-state index contributed by atoms with van der Waals surface area (Å²) in [6.07, 6.45) is 9.30. The third kappa shape index (κ3) is 3.13. The van der Waals surface area contributed by atoms with Crippen LogP contribution in [-0.2, 0) is 19.2 Å². The average Bonchev–Trinajstić information content (AvgIpc) is 3.27. The lowest BCUT2D eigenvalue weighted by molar-refractivity contribution is -0.0427. The number of aromatic nitrogens is 5. The van der Waals surface area contributed by atoms with Crippen LogP contribution in [-0.4, -0.2) is 41.8 Å². The van der Waals surface area contributed by atoms with Gasteiger partial charge < -0.3 is 10.4 Å². The third-order valence-electron chi connectivity index (χ3n) is 5.85. The maximum Gasteiger partial charge on any atom is 0.254 e. The second-order valence-corrected chi connectivity index (χ2v) is 7.78. The van der Waals surface area contributed by atoms with Gasteiger partial charge in [0.2, 0.25) is 0 Å². The molecular weight excluding hydrogens is 332 g/mol. The fraction of sp³-hybridized carbons (Fsp3) is 0.667. The van der Waals surface area contributed by atoms with E-state index >= 15 is 0 Å². The van der Waals surface area contributed by atoms with E-state index in [2.05, 4.69) is 20.7 Å². The monoisotopic (exact) mass is 358 g/mol. The molecule has 4 rings (SSSR count). The Morgan fingerprint density at radius 1 is 1.35 bits per heavy atom. The van der Waals surface area contributed by atoms with Crippen molar-refractivity contribution in [1.29, 1.82) is 0 Å². The van der Waals surface area contributed by atoms with Crippen LogP contribution in [0, 0.1) is 12.8 Å². The highest BCUT2D eigenvalue weighted by Crippen LogP contribution is 2.39. The number of amides is 1. The largest absolute Gasteiger partial charge is 0.383 e. The van der Waals surface area contributed by atoms with Gasteiger partial charge in [-0.25, -0.2) is 0 Å². The van der Waals surface area contributed by atoms with Crippen molar-refractivity contribution in [2.24, 2.45) is 13.0 Å². The summed E-state index contributed by atoms with van der Waals surface area (Å²) < 4.78 is 3.48. The standard InChI is InChI=1S/C18H26N6O2/c1-12-14(10-23(2)21-12)17(25)19-15-6-3-5-13(15)9-24-11-16(20-22-24)18(26)7-4-8-18/h10-11,13,15,26H,3-9H2,1-2H3,(H,19,25)/t13-,15-/m1/s1. The molecule has 2 aromatic rings. The van der Waals surface area contributed by atoms with Crippen LogP contribution in [0.5, 0.6) is 0 Å². The summed E-state index contributed by atoms with van der Waals surface area (Å²) in [6, 6.07) is 0.126. The molecule has 2 aliphatic carbocycles. The molecule has 2 N–H and O–H groups in total. The van der Waals surface area contributed by atoms with Crippen molar-refractivity contribution in [2.75, 3.05) is 0 Å². The molecule has 2 aromatic heterocycles. The molecule has 8 nitrogen and oxygen atoms in total. The zero-order valence-corrected chi connectivity index (χ0v) is 15.4. The third-order valence-corrected chi connectivity index (χ3v) is 5.85. The Balaban J connectivity index is 1.40. The molecule has 2 saturated carbocycles. The predicted molar refractivity (Wildman–Crippen MR) is 94.3 cm³/mol. The fourth-order valence-electron chi connectivity index (χ4n) is 4.12. The molecule has 0 aromatic carbocycles. The Morgan fingerprint density at radius 3 is 2.81 bits per heavy atom. The van der Waals surface area contributed by atoms with Crippen molar-refractivity contribution in [2.45, 2.75) is 63.6 Å². The summed E-state index contributed by atoms with van der Waals surface area (Å²) in [7, 11) is 1.82. The Morgan fingerprint density at radius 2 is 2.15 bits per heavy atom. The summed E-state index contributed by atoms with van der Waals surface area (Å²) in [6.45, 7) is 2.56. The van der Waals surface area contributed by atoms with Gasteiger partial charge in [-0.3, -0.25) is 14.2 Å². The Kier molecular flexibility index (Phi) is 4.30. The van der Waals surface area contributed by atoms with E-state index in [1.807, 2.05) is 24.9 Å². The zero-order chi connectivity index (χ0) is 18.3. The fourth-order valence-corrected chi connectivity index (χ4v) is 4.12. The lowest BCUT2D eigenvalue weighted by Gasteiger charge is -2.34. The van der Waals surface area contributed by atoms with E-state index in [9.17, 15) is 9.90 Å². The van der Waals surface area contributed by atoms with Crippen molar-refractivity contribution in [3.05, 3.63) is 29.3 Å². The lowest BCUT2D eigenvalue weighted by atomic mass is 9.78. The highest BCUT2D eigenvalue weighted by Gasteiger charge is 2.39. The van der Waals surface area contributed by atoms with E-state index in [1.54, 1.807) is 10.9 Å². The van der Waals surface area contributed by atoms with Gasteiger partial charge in [-0.05, 0) is 44.9 Å². The first-order chi connectivity index (χ1) is 12.4. The lowest BCUT2D eigenvalue weighted by Crippen LogP contribution is -2.39. The minimum atomic E-state index is -0.778. The van der Waals surface area contributed by atoms with E-state index in [0.717, 1.165) is 44.2 Å². The topological polar surface area (TPSA) is 97.9 Å². The summed E-state index contributed by atoms with van der Waals surface area (Å²) in [5.74, 6) is 0.261. The Hall–Kier alpha value is -2.22. The molecule has 2 heterocycles. The number of carbonyl (C=O) groups is 1. The molecule has 0 aliphatic heterocycles. The number of aliphatic hydroxyl groups is 1. The van der Waals surface area contributed by atoms with Gasteiger partial charge in [0.25, 0.3) is 5.91 Å². The van der Waals surface area contributed by atoms with Crippen molar-refractivity contribution in [3.63, 3.8) is 0 Å². The first kappa shape index (κ1) is 17.2. The van der Waals surface area contributed by atoms with Crippen LogP contribution >= 0.6 is 0 Å². The molecule has 8 heteroatoms. The van der Waals surface area contributed by atoms with Crippen molar-refractivity contribution < 1.29 is 9.90 Å². The van der Waals surface area contributed by atoms with E-state index in [0.29, 0.717) is 23.7 Å². The highest BCUT2D eigenvalue weighted by atomic mass is 16.3. The number of aryl methyl sites for hydroxylation is 2. The van der Waals surface area contributed by atoms with Gasteiger partial charge in [0.15, 0.2) is 0 Å². The molecular formula is C18H26N6O2. The second kappa shape index (κ2) is 6.50. The second-order valence-electron chi connectivity index (χ2n) is 7.78. The van der Waals surface area contributed by atoms with E-state index in [1.165, 1.54) is 0 Å². The quantitative estimate of drug-likeness (QED) is 0.839. The minimum absolute atomic E-state index is 0.0597. The van der Waals surface area contributed by atoms with Gasteiger partial charge in [-0.15, -0.1) is 5.10 Å². The van der Waals surface area contributed by atoms with Crippen LogP contribution in [0.1, 0.15) is 60.3 Å². The number of nitrogens with zero attached hydrogens (tertiary/aromatic N) is 5. The van der Waals surface area contributed by atoms with Crippen LogP contribution in [0.4, 0.5) is 0 Å². The number of rotatable bonds is 5. The van der Waals surface area contributed by atoms with Gasteiger partial charge in [0.05, 0.1) is 17.5 Å². The maximum atomic E-state index is 12.6. The van der Waals surface area contributed by atoms with Gasteiger partial charge >= 0.3 is 0 Å². The molecule has 0 spiro atoms. The van der Waals surface area contributed by atoms with Crippen LogP contribution in [0.2, 0.25) is 0 Å². The molecule has 0 saturated heterocycles. The van der Waals surface area contributed by atoms with Gasteiger partial charge in [-0.2, -0.15) is 5.10 Å². The molecule has 2 aliphatic rings. The van der Waals surface area contributed by atoms with E-state index in [-0.39, 0.29) is 11.9 Å². The Labute approximate surface area is 152 Å². The number of nitrogens with one attached hydrogen (secondary N) is 1. The average molecular weight is 358 g/mol. The summed E-state index contributed by atoms with van der Waals surface area (Å²) >= 11 is 0. The normalized spacial score (nSPS) is 24.4. The highest BCUT2D eigenvalue weighted by molar-refractivity contribution is 5.95. The smallest absolute Gasteiger partial charge is 0.254 e. The van der Waals surface area contributed by atoms with E-state index < -0.39 is 5.60 Å². The molecule has 26 heavy (non-hydrogen) atoms. The van der Waals surface area contributed by atoms with Crippen LogP contribution in [0.15, 0.2) is 12.4 Å². The summed E-state index contributed by atoms with van der Waals surface area (Å²) in [5.41, 5.74) is 1.27. The summed E-state index contributed by atoms with van der Waals surface area (Å²) in [4.78, 5) is 12.6. The van der Waals surface area contributed by atoms with E-state index in [4.69, 9.17) is 0 Å². The maximum absolute atomic E-state index is 12.6. The first-order valence-corrected chi connectivity index (χ1v) is 9.39. The van der Waals surface area contributed by atoms with Crippen LogP contribution in [0.3, 0.4) is 0 Å².